The van der Waals surface area contributed by atoms with Gasteiger partial charge in [0.25, 0.3) is 0 Å². The maximum Gasteiger partial charge on any atom is 0.172 e. The Morgan fingerprint density at radius 2 is 1.00 bits per heavy atom. The minimum absolute atomic E-state index is 0.211. The molecule has 1 unspecified atom stereocenters. The Hall–Kier alpha value is 0.400. The highest BCUT2D eigenvalue weighted by molar-refractivity contribution is 9.09. The molecule has 0 aliphatic heterocycles. The topological polar surface area (TPSA) is 40.5 Å². The van der Waals surface area contributed by atoms with Gasteiger partial charge in [-0.05, 0) is 13.3 Å². The lowest BCUT2D eigenvalue weighted by atomic mass is 10.0. The van der Waals surface area contributed by atoms with E-state index in [1.54, 1.807) is 0 Å². The van der Waals surface area contributed by atoms with Gasteiger partial charge < -0.3 is 10.2 Å². The first-order chi connectivity index (χ1) is 10.5. The third kappa shape index (κ3) is 15.3. The molecule has 0 spiro atoms. The largest absolute Gasteiger partial charge is 0.365 e. The molecule has 0 heterocycles. The van der Waals surface area contributed by atoms with Crippen LogP contribution in [0.2, 0.25) is 0 Å². The Labute approximate surface area is 147 Å². The summed E-state index contributed by atoms with van der Waals surface area (Å²) < 4.78 is 0. The van der Waals surface area contributed by atoms with Crippen LogP contribution >= 0.6 is 15.9 Å². The summed E-state index contributed by atoms with van der Waals surface area (Å²) >= 11 is 3.34. The van der Waals surface area contributed by atoms with Gasteiger partial charge in [0.05, 0.1) is 4.83 Å². The van der Waals surface area contributed by atoms with Gasteiger partial charge in [-0.1, -0.05) is 113 Å². The van der Waals surface area contributed by atoms with Crippen LogP contribution in [0.3, 0.4) is 0 Å². The smallest absolute Gasteiger partial charge is 0.172 e. The summed E-state index contributed by atoms with van der Waals surface area (Å²) in [6.07, 6.45) is 19.8. The predicted molar refractivity (Wildman–Crippen MR) is 100 cm³/mol. The number of alkyl halides is 1. The van der Waals surface area contributed by atoms with Gasteiger partial charge in [0, 0.05) is 0 Å². The van der Waals surface area contributed by atoms with Crippen molar-refractivity contribution in [3.05, 3.63) is 0 Å². The second-order valence-corrected chi connectivity index (χ2v) is 8.05. The zero-order valence-electron chi connectivity index (χ0n) is 15.0. The molecule has 0 aliphatic carbocycles. The highest BCUT2D eigenvalue weighted by atomic mass is 79.9. The molecule has 0 aromatic rings. The minimum Gasteiger partial charge on any atom is -0.365 e. The Bertz CT molecular complexity index is 226. The second-order valence-electron chi connectivity index (χ2n) is 6.95. The fourth-order valence-corrected chi connectivity index (χ4v) is 3.12. The zero-order valence-corrected chi connectivity index (χ0v) is 16.5. The van der Waals surface area contributed by atoms with Crippen molar-refractivity contribution in [1.29, 1.82) is 0 Å². The van der Waals surface area contributed by atoms with Crippen molar-refractivity contribution in [1.82, 2.24) is 0 Å². The molecule has 0 radical (unpaired) electrons. The molecule has 0 amide bonds. The van der Waals surface area contributed by atoms with Crippen LogP contribution in [0.15, 0.2) is 0 Å². The van der Waals surface area contributed by atoms with Crippen LogP contribution in [0.1, 0.15) is 110 Å². The van der Waals surface area contributed by atoms with Crippen LogP contribution < -0.4 is 0 Å². The summed E-state index contributed by atoms with van der Waals surface area (Å²) in [6.45, 7) is 3.71. The summed E-state index contributed by atoms with van der Waals surface area (Å²) in [5, 5.41) is 18.8. The van der Waals surface area contributed by atoms with Crippen LogP contribution in [0.5, 0.6) is 0 Å². The number of rotatable bonds is 16. The van der Waals surface area contributed by atoms with Crippen molar-refractivity contribution >= 4 is 15.9 Å². The number of aliphatic hydroxyl groups is 2. The molecule has 22 heavy (non-hydrogen) atoms. The Kier molecular flexibility index (Phi) is 15.2. The summed E-state index contributed by atoms with van der Waals surface area (Å²) in [4.78, 5) is -0.211. The lowest BCUT2D eigenvalue weighted by molar-refractivity contribution is -0.143. The molecule has 134 valence electrons. The van der Waals surface area contributed by atoms with E-state index in [1.807, 2.05) is 0 Å². The highest BCUT2D eigenvalue weighted by Crippen LogP contribution is 2.21. The fraction of sp³-hybridized carbons (Fsp3) is 1.00. The van der Waals surface area contributed by atoms with Crippen molar-refractivity contribution in [2.24, 2.45) is 0 Å². The molecule has 0 aromatic carbocycles. The Morgan fingerprint density at radius 1 is 0.682 bits per heavy atom. The first-order valence-electron chi connectivity index (χ1n) is 9.57. The SMILES string of the molecule is CCCCCCCCCCCCCCCCC(Br)C(C)(O)O. The van der Waals surface area contributed by atoms with Crippen molar-refractivity contribution < 1.29 is 10.2 Å². The lowest BCUT2D eigenvalue weighted by Gasteiger charge is -2.22. The van der Waals surface area contributed by atoms with Crippen LogP contribution in [0, 0.1) is 0 Å². The molecule has 3 heteroatoms. The molecule has 1 atom stereocenters. The first kappa shape index (κ1) is 22.4. The van der Waals surface area contributed by atoms with E-state index in [2.05, 4.69) is 22.9 Å². The molecular formula is C19H39BrO2. The fourth-order valence-electron chi connectivity index (χ4n) is 2.79. The van der Waals surface area contributed by atoms with Crippen molar-refractivity contribution in [2.45, 2.75) is 121 Å². The van der Waals surface area contributed by atoms with Gasteiger partial charge in [0.15, 0.2) is 5.79 Å². The van der Waals surface area contributed by atoms with E-state index in [1.165, 1.54) is 90.4 Å². The molecule has 2 nitrogen and oxygen atoms in total. The van der Waals surface area contributed by atoms with E-state index < -0.39 is 5.79 Å². The Balaban J connectivity index is 3.12. The third-order valence-electron chi connectivity index (χ3n) is 4.40. The summed E-state index contributed by atoms with van der Waals surface area (Å²) in [6, 6.07) is 0. The summed E-state index contributed by atoms with van der Waals surface area (Å²) in [5.41, 5.74) is 0. The van der Waals surface area contributed by atoms with E-state index in [9.17, 15) is 10.2 Å². The third-order valence-corrected chi connectivity index (χ3v) is 5.73. The molecule has 0 aromatic heterocycles. The van der Waals surface area contributed by atoms with Gasteiger partial charge >= 0.3 is 0 Å². The first-order valence-corrected chi connectivity index (χ1v) is 10.5. The molecule has 0 rings (SSSR count). The highest BCUT2D eigenvalue weighted by Gasteiger charge is 2.25. The lowest BCUT2D eigenvalue weighted by Crippen LogP contribution is -2.34. The van der Waals surface area contributed by atoms with Crippen LogP contribution in [-0.2, 0) is 0 Å². The molecular weight excluding hydrogens is 340 g/mol. The second kappa shape index (κ2) is 15.0. The molecule has 0 saturated heterocycles. The average molecular weight is 379 g/mol. The van der Waals surface area contributed by atoms with Crippen molar-refractivity contribution in [3.8, 4) is 0 Å². The number of halogens is 1. The molecule has 0 fully saturated rings. The monoisotopic (exact) mass is 378 g/mol. The van der Waals surface area contributed by atoms with Gasteiger partial charge in [0.2, 0.25) is 0 Å². The van der Waals surface area contributed by atoms with Crippen LogP contribution in [-0.4, -0.2) is 20.8 Å². The quantitative estimate of drug-likeness (QED) is 0.187. The predicted octanol–water partition coefficient (Wildman–Crippen LogP) is 6.32. The van der Waals surface area contributed by atoms with E-state index in [0.717, 1.165) is 12.8 Å². The number of hydrogen-bond donors (Lipinski definition) is 2. The minimum atomic E-state index is -1.59. The van der Waals surface area contributed by atoms with E-state index >= 15 is 0 Å². The maximum atomic E-state index is 9.40. The number of hydrogen-bond acceptors (Lipinski definition) is 2. The summed E-state index contributed by atoms with van der Waals surface area (Å²) in [7, 11) is 0. The van der Waals surface area contributed by atoms with E-state index in [0.29, 0.717) is 0 Å². The molecule has 0 saturated carbocycles. The normalized spacial score (nSPS) is 13.5. The van der Waals surface area contributed by atoms with Gasteiger partial charge in [-0.2, -0.15) is 0 Å². The van der Waals surface area contributed by atoms with Crippen LogP contribution in [0.4, 0.5) is 0 Å². The van der Waals surface area contributed by atoms with Crippen LogP contribution in [0.25, 0.3) is 0 Å². The molecule has 0 bridgehead atoms. The average Bonchev–Trinajstić information content (AvgIpc) is 2.46. The van der Waals surface area contributed by atoms with Crippen molar-refractivity contribution in [2.75, 3.05) is 0 Å². The summed E-state index contributed by atoms with van der Waals surface area (Å²) in [5.74, 6) is -1.59. The maximum absolute atomic E-state index is 9.40. The molecule has 2 N–H and O–H groups in total. The van der Waals surface area contributed by atoms with E-state index in [4.69, 9.17) is 0 Å². The van der Waals surface area contributed by atoms with Gasteiger partial charge in [-0.3, -0.25) is 0 Å². The molecule has 0 aliphatic rings. The van der Waals surface area contributed by atoms with E-state index in [-0.39, 0.29) is 4.83 Å². The number of unbranched alkanes of at least 4 members (excludes halogenated alkanes) is 13. The van der Waals surface area contributed by atoms with Gasteiger partial charge in [-0.15, -0.1) is 0 Å². The van der Waals surface area contributed by atoms with Crippen molar-refractivity contribution in [3.63, 3.8) is 0 Å². The van der Waals surface area contributed by atoms with Gasteiger partial charge in [-0.25, -0.2) is 0 Å². The zero-order chi connectivity index (χ0) is 16.7. The Morgan fingerprint density at radius 3 is 1.32 bits per heavy atom. The standard InChI is InChI=1S/C19H39BrO2/c1-3-4-5-6-7-8-9-10-11-12-13-14-15-16-17-18(20)19(2,21)22/h18,21-22H,3-17H2,1-2H3. The van der Waals surface area contributed by atoms with Gasteiger partial charge in [0.1, 0.15) is 0 Å².